The second kappa shape index (κ2) is 3.33. The maximum absolute atomic E-state index is 5.69. The fourth-order valence-corrected chi connectivity index (χ4v) is 3.11. The first kappa shape index (κ1) is 9.86. The molecule has 0 aromatic heterocycles. The van der Waals surface area contributed by atoms with Gasteiger partial charge < -0.3 is 9.47 Å². The molecule has 1 heterocycles. The van der Waals surface area contributed by atoms with Crippen LogP contribution in [-0.2, 0) is 9.47 Å². The molecule has 3 unspecified atom stereocenters. The smallest absolute Gasteiger partial charge is 0.104 e. The fraction of sp³-hybridized carbons (Fsp3) is 0.846. The summed E-state index contributed by atoms with van der Waals surface area (Å²) >= 11 is 0. The van der Waals surface area contributed by atoms with E-state index in [1.165, 1.54) is 12.8 Å². The molecule has 84 valence electrons. The molecule has 0 aromatic rings. The van der Waals surface area contributed by atoms with Gasteiger partial charge in [-0.2, -0.15) is 0 Å². The van der Waals surface area contributed by atoms with E-state index in [1.807, 2.05) is 0 Å². The Morgan fingerprint density at radius 1 is 1.53 bits per heavy atom. The highest BCUT2D eigenvalue weighted by Crippen LogP contribution is 2.59. The van der Waals surface area contributed by atoms with E-state index in [9.17, 15) is 0 Å². The average Bonchev–Trinajstić information content (AvgIpc) is 3.02. The van der Waals surface area contributed by atoms with Crippen LogP contribution in [0, 0.1) is 17.3 Å². The Morgan fingerprint density at radius 3 is 2.93 bits per heavy atom. The van der Waals surface area contributed by atoms with E-state index in [2.05, 4.69) is 19.9 Å². The van der Waals surface area contributed by atoms with Gasteiger partial charge in [-0.15, -0.1) is 0 Å². The minimum absolute atomic E-state index is 0.399. The molecule has 15 heavy (non-hydrogen) atoms. The van der Waals surface area contributed by atoms with Crippen LogP contribution < -0.4 is 0 Å². The summed E-state index contributed by atoms with van der Waals surface area (Å²) in [4.78, 5) is 0. The number of hydrogen-bond acceptors (Lipinski definition) is 2. The summed E-state index contributed by atoms with van der Waals surface area (Å²) in [6.07, 6.45) is 5.47. The first-order chi connectivity index (χ1) is 7.18. The molecule has 1 saturated carbocycles. The van der Waals surface area contributed by atoms with Crippen molar-refractivity contribution in [2.45, 2.75) is 32.8 Å². The van der Waals surface area contributed by atoms with Crippen molar-refractivity contribution in [2.24, 2.45) is 17.3 Å². The predicted octanol–water partition coefficient (Wildman–Crippen LogP) is 2.39. The standard InChI is InChI=1S/C13H20O2/c1-13(2)10-4-3-9(12(13)5-10)6-14-7-11-8-15-11/h3,10-12H,4-8H2,1-2H3. The molecule has 1 aliphatic heterocycles. The SMILES string of the molecule is CC1(C)C2CC=C(COCC3CO3)C1C2. The summed E-state index contributed by atoms with van der Waals surface area (Å²) in [6, 6.07) is 0. The molecule has 0 N–H and O–H groups in total. The maximum Gasteiger partial charge on any atom is 0.104 e. The molecule has 0 radical (unpaired) electrons. The van der Waals surface area contributed by atoms with E-state index < -0.39 is 0 Å². The molecule has 0 aromatic carbocycles. The van der Waals surface area contributed by atoms with Gasteiger partial charge in [0.15, 0.2) is 0 Å². The van der Waals surface area contributed by atoms with Gasteiger partial charge in [0.2, 0.25) is 0 Å². The third kappa shape index (κ3) is 1.64. The van der Waals surface area contributed by atoms with Crippen LogP contribution in [0.3, 0.4) is 0 Å². The van der Waals surface area contributed by atoms with Gasteiger partial charge >= 0.3 is 0 Å². The first-order valence-corrected chi connectivity index (χ1v) is 6.06. The summed E-state index contributed by atoms with van der Waals surface area (Å²) in [5.41, 5.74) is 2.08. The summed E-state index contributed by atoms with van der Waals surface area (Å²) in [6.45, 7) is 7.33. The molecule has 2 bridgehead atoms. The van der Waals surface area contributed by atoms with Crippen molar-refractivity contribution in [1.82, 2.24) is 0 Å². The van der Waals surface area contributed by atoms with Crippen LogP contribution in [0.15, 0.2) is 11.6 Å². The molecule has 1 saturated heterocycles. The molecule has 2 nitrogen and oxygen atoms in total. The number of hydrogen-bond donors (Lipinski definition) is 0. The molecular formula is C13H20O2. The molecule has 4 rings (SSSR count). The highest BCUT2D eigenvalue weighted by molar-refractivity contribution is 5.23. The summed E-state index contributed by atoms with van der Waals surface area (Å²) in [7, 11) is 0. The maximum atomic E-state index is 5.69. The number of rotatable bonds is 4. The minimum Gasteiger partial charge on any atom is -0.374 e. The van der Waals surface area contributed by atoms with E-state index in [0.717, 1.165) is 31.7 Å². The lowest BCUT2D eigenvalue weighted by molar-refractivity contribution is -0.0180. The summed E-state index contributed by atoms with van der Waals surface area (Å²) in [5.74, 6) is 1.72. The van der Waals surface area contributed by atoms with Gasteiger partial charge in [-0.05, 0) is 35.7 Å². The van der Waals surface area contributed by atoms with Crippen LogP contribution in [0.25, 0.3) is 0 Å². The molecule has 2 fully saturated rings. The van der Waals surface area contributed by atoms with Crippen molar-refractivity contribution >= 4 is 0 Å². The highest BCUT2D eigenvalue weighted by atomic mass is 16.6. The Bertz CT molecular complexity index is 289. The van der Waals surface area contributed by atoms with Gasteiger partial charge in [0, 0.05) is 0 Å². The highest BCUT2D eigenvalue weighted by Gasteiger charge is 2.50. The molecule has 2 heteroatoms. The van der Waals surface area contributed by atoms with Gasteiger partial charge in [0.25, 0.3) is 0 Å². The largest absolute Gasteiger partial charge is 0.374 e. The fourth-order valence-electron chi connectivity index (χ4n) is 3.11. The first-order valence-electron chi connectivity index (χ1n) is 6.06. The van der Waals surface area contributed by atoms with E-state index in [1.54, 1.807) is 5.57 Å². The Kier molecular flexibility index (Phi) is 2.18. The van der Waals surface area contributed by atoms with E-state index in [4.69, 9.17) is 9.47 Å². The number of allylic oxidation sites excluding steroid dienone is 1. The van der Waals surface area contributed by atoms with Gasteiger partial charge in [-0.25, -0.2) is 0 Å². The zero-order valence-corrected chi connectivity index (χ0v) is 9.66. The zero-order valence-electron chi connectivity index (χ0n) is 9.66. The molecule has 0 amide bonds. The van der Waals surface area contributed by atoms with Crippen molar-refractivity contribution in [1.29, 1.82) is 0 Å². The minimum atomic E-state index is 0.399. The average molecular weight is 208 g/mol. The van der Waals surface area contributed by atoms with Gasteiger partial charge in [0.1, 0.15) is 6.10 Å². The van der Waals surface area contributed by atoms with Crippen molar-refractivity contribution in [3.8, 4) is 0 Å². The predicted molar refractivity (Wildman–Crippen MR) is 58.6 cm³/mol. The topological polar surface area (TPSA) is 21.8 Å². The van der Waals surface area contributed by atoms with E-state index in [-0.39, 0.29) is 0 Å². The normalized spacial score (nSPS) is 40.7. The van der Waals surface area contributed by atoms with Gasteiger partial charge in [0.05, 0.1) is 19.8 Å². The van der Waals surface area contributed by atoms with Crippen LogP contribution in [0.4, 0.5) is 0 Å². The van der Waals surface area contributed by atoms with Crippen LogP contribution in [0.2, 0.25) is 0 Å². The number of epoxide rings is 1. The monoisotopic (exact) mass is 208 g/mol. The third-order valence-corrected chi connectivity index (χ3v) is 4.56. The van der Waals surface area contributed by atoms with Crippen molar-refractivity contribution < 1.29 is 9.47 Å². The Labute approximate surface area is 91.6 Å². The van der Waals surface area contributed by atoms with Crippen LogP contribution in [-0.4, -0.2) is 25.9 Å². The zero-order chi connectivity index (χ0) is 10.5. The second-order valence-corrected chi connectivity index (χ2v) is 5.79. The Morgan fingerprint density at radius 2 is 2.33 bits per heavy atom. The van der Waals surface area contributed by atoms with Crippen LogP contribution >= 0.6 is 0 Å². The Hall–Kier alpha value is -0.340. The lowest BCUT2D eigenvalue weighted by atomic mass is 9.49. The van der Waals surface area contributed by atoms with Gasteiger partial charge in [-0.3, -0.25) is 0 Å². The molecule has 4 aliphatic rings. The lowest BCUT2D eigenvalue weighted by Crippen LogP contribution is -2.48. The van der Waals surface area contributed by atoms with E-state index >= 15 is 0 Å². The summed E-state index contributed by atoms with van der Waals surface area (Å²) < 4.78 is 10.8. The van der Waals surface area contributed by atoms with Crippen LogP contribution in [0.5, 0.6) is 0 Å². The molecule has 3 atom stereocenters. The van der Waals surface area contributed by atoms with Crippen molar-refractivity contribution in [2.75, 3.05) is 19.8 Å². The van der Waals surface area contributed by atoms with E-state index in [0.29, 0.717) is 11.5 Å². The number of ether oxygens (including phenoxy) is 2. The van der Waals surface area contributed by atoms with Crippen molar-refractivity contribution in [3.05, 3.63) is 11.6 Å². The quantitative estimate of drug-likeness (QED) is 0.522. The Balaban J connectivity index is 1.54. The third-order valence-electron chi connectivity index (χ3n) is 4.56. The second-order valence-electron chi connectivity index (χ2n) is 5.79. The summed E-state index contributed by atoms with van der Waals surface area (Å²) in [5, 5.41) is 0. The molecular weight excluding hydrogens is 188 g/mol. The van der Waals surface area contributed by atoms with Crippen LogP contribution in [0.1, 0.15) is 26.7 Å². The number of fused-ring (bicyclic) bond motifs is 1. The molecule has 0 spiro atoms. The van der Waals surface area contributed by atoms with Crippen molar-refractivity contribution in [3.63, 3.8) is 0 Å². The van der Waals surface area contributed by atoms with Gasteiger partial charge in [-0.1, -0.05) is 19.9 Å². The lowest BCUT2D eigenvalue weighted by Gasteiger charge is -2.56. The molecule has 3 aliphatic carbocycles.